The maximum absolute atomic E-state index is 13.9. The molecule has 0 radical (unpaired) electrons. The normalized spacial score (nSPS) is 10.7. The molecule has 3 amide bonds. The smallest absolute Gasteiger partial charge is 0.322 e. The third kappa shape index (κ3) is 7.36. The lowest BCUT2D eigenvalue weighted by molar-refractivity contribution is -0.133. The summed E-state index contributed by atoms with van der Waals surface area (Å²) in [7, 11) is 3.45. The van der Waals surface area contributed by atoms with Crippen LogP contribution in [0.5, 0.6) is 0 Å². The Morgan fingerprint density at radius 3 is 2.55 bits per heavy atom. The van der Waals surface area contributed by atoms with Crippen LogP contribution in [0.2, 0.25) is 0 Å². The number of nitrogens with zero attached hydrogens (tertiary/aromatic N) is 3. The summed E-state index contributed by atoms with van der Waals surface area (Å²) in [4.78, 5) is 28.8. The Labute approximate surface area is 181 Å². The highest BCUT2D eigenvalue weighted by atomic mass is 19.1. The maximum Gasteiger partial charge on any atom is 0.322 e. The number of hydrogen-bond acceptors (Lipinski definition) is 3. The number of unbranched alkanes of at least 4 members (excludes halogenated alkanes) is 1. The monoisotopic (exact) mass is 436 g/mol. The second-order valence-electron chi connectivity index (χ2n) is 7.25. The van der Waals surface area contributed by atoms with E-state index in [0.29, 0.717) is 38.7 Å². The van der Waals surface area contributed by atoms with Crippen molar-refractivity contribution >= 4 is 17.6 Å². The molecule has 31 heavy (non-hydrogen) atoms. The highest BCUT2D eigenvalue weighted by Crippen LogP contribution is 2.16. The van der Waals surface area contributed by atoms with Crippen molar-refractivity contribution in [2.24, 2.45) is 7.05 Å². The molecule has 0 aliphatic heterocycles. The third-order valence-electron chi connectivity index (χ3n) is 4.89. The number of anilines is 1. The Kier molecular flexibility index (Phi) is 9.45. The predicted octanol–water partition coefficient (Wildman–Crippen LogP) is 3.61. The van der Waals surface area contributed by atoms with E-state index in [1.165, 1.54) is 4.90 Å². The molecule has 0 aliphatic rings. The molecule has 0 atom stereocenters. The Balaban J connectivity index is 2.12. The van der Waals surface area contributed by atoms with E-state index in [1.807, 2.05) is 36.9 Å². The van der Waals surface area contributed by atoms with Gasteiger partial charge in [-0.25, -0.2) is 13.6 Å². The first-order valence-electron chi connectivity index (χ1n) is 10.2. The number of urea groups is 1. The zero-order chi connectivity index (χ0) is 22.8. The molecular weight excluding hydrogens is 406 g/mol. The van der Waals surface area contributed by atoms with Gasteiger partial charge >= 0.3 is 6.03 Å². The molecule has 0 fully saturated rings. The number of halogens is 2. The fraction of sp³-hybridized carbons (Fsp3) is 0.455. The van der Waals surface area contributed by atoms with E-state index < -0.39 is 17.7 Å². The molecule has 2 rings (SSSR count). The fourth-order valence-electron chi connectivity index (χ4n) is 3.00. The number of hydrogen-bond donors (Lipinski definition) is 1. The van der Waals surface area contributed by atoms with Crippen LogP contribution in [0.25, 0.3) is 0 Å². The largest absolute Gasteiger partial charge is 0.383 e. The number of amides is 3. The van der Waals surface area contributed by atoms with E-state index in [-0.39, 0.29) is 18.1 Å². The zero-order valence-corrected chi connectivity index (χ0v) is 18.2. The Bertz CT molecular complexity index is 872. The summed E-state index contributed by atoms with van der Waals surface area (Å²) in [5.74, 6) is -1.85. The lowest BCUT2D eigenvalue weighted by Crippen LogP contribution is -2.45. The van der Waals surface area contributed by atoms with Crippen LogP contribution in [0.15, 0.2) is 36.5 Å². The van der Waals surface area contributed by atoms with Crippen molar-refractivity contribution in [2.45, 2.75) is 26.3 Å². The molecule has 1 N–H and O–H groups in total. The Morgan fingerprint density at radius 2 is 1.94 bits per heavy atom. The van der Waals surface area contributed by atoms with Gasteiger partial charge in [-0.05, 0) is 30.7 Å². The van der Waals surface area contributed by atoms with E-state index in [0.717, 1.165) is 24.2 Å². The fourth-order valence-corrected chi connectivity index (χ4v) is 3.00. The standard InChI is InChI=1S/C22H30F2N4O3/c1-4-5-11-28(22(30)25-20-9-8-17(23)14-19(20)24)16-21(29)27(12-13-31-3)15-18-7-6-10-26(18)2/h6-10,14H,4-5,11-13,15-16H2,1-3H3,(H,25,30). The van der Waals surface area contributed by atoms with E-state index in [1.54, 1.807) is 12.0 Å². The van der Waals surface area contributed by atoms with E-state index in [4.69, 9.17) is 4.74 Å². The van der Waals surface area contributed by atoms with Crippen molar-refractivity contribution in [3.63, 3.8) is 0 Å². The quantitative estimate of drug-likeness (QED) is 0.585. The van der Waals surface area contributed by atoms with Gasteiger partial charge in [0.1, 0.15) is 18.2 Å². The summed E-state index contributed by atoms with van der Waals surface area (Å²) in [5, 5.41) is 2.43. The van der Waals surface area contributed by atoms with Crippen LogP contribution < -0.4 is 5.32 Å². The molecule has 0 bridgehead atoms. The molecule has 0 aliphatic carbocycles. The second kappa shape index (κ2) is 12.0. The summed E-state index contributed by atoms with van der Waals surface area (Å²) >= 11 is 0. The summed E-state index contributed by atoms with van der Waals surface area (Å²) < 4.78 is 34.1. The molecule has 170 valence electrons. The van der Waals surface area contributed by atoms with Gasteiger partial charge < -0.3 is 24.4 Å². The van der Waals surface area contributed by atoms with E-state index in [2.05, 4.69) is 5.32 Å². The van der Waals surface area contributed by atoms with Crippen LogP contribution in [0, 0.1) is 11.6 Å². The minimum Gasteiger partial charge on any atom is -0.383 e. The Morgan fingerprint density at radius 1 is 1.16 bits per heavy atom. The lowest BCUT2D eigenvalue weighted by Gasteiger charge is -2.28. The first kappa shape index (κ1) is 24.3. The number of nitrogens with one attached hydrogen (secondary N) is 1. The topological polar surface area (TPSA) is 66.8 Å². The highest BCUT2D eigenvalue weighted by Gasteiger charge is 2.22. The number of rotatable bonds is 11. The molecule has 0 unspecified atom stereocenters. The number of methoxy groups -OCH3 is 1. The molecule has 7 nitrogen and oxygen atoms in total. The molecule has 9 heteroatoms. The zero-order valence-electron chi connectivity index (χ0n) is 18.2. The van der Waals surface area contributed by atoms with Crippen molar-refractivity contribution in [1.82, 2.24) is 14.4 Å². The molecule has 0 saturated carbocycles. The van der Waals surface area contributed by atoms with Crippen molar-refractivity contribution in [3.8, 4) is 0 Å². The molecule has 0 spiro atoms. The van der Waals surface area contributed by atoms with Gasteiger partial charge in [0.25, 0.3) is 0 Å². The van der Waals surface area contributed by atoms with Gasteiger partial charge in [0.05, 0.1) is 18.8 Å². The van der Waals surface area contributed by atoms with E-state index >= 15 is 0 Å². The minimum atomic E-state index is -0.874. The average Bonchev–Trinajstić information content (AvgIpc) is 3.14. The number of benzene rings is 1. The predicted molar refractivity (Wildman–Crippen MR) is 115 cm³/mol. The summed E-state index contributed by atoms with van der Waals surface area (Å²) in [5.41, 5.74) is 0.808. The molecule has 2 aromatic rings. The number of carbonyl (C=O) groups is 2. The molecule has 0 saturated heterocycles. The van der Waals surface area contributed by atoms with Gasteiger partial charge in [0.2, 0.25) is 5.91 Å². The van der Waals surface area contributed by atoms with Gasteiger partial charge in [-0.3, -0.25) is 4.79 Å². The van der Waals surface area contributed by atoms with Crippen molar-refractivity contribution in [2.75, 3.05) is 38.7 Å². The van der Waals surface area contributed by atoms with Crippen molar-refractivity contribution < 1.29 is 23.1 Å². The minimum absolute atomic E-state index is 0.139. The number of aryl methyl sites for hydroxylation is 1. The van der Waals surface area contributed by atoms with Crippen molar-refractivity contribution in [1.29, 1.82) is 0 Å². The van der Waals surface area contributed by atoms with Gasteiger partial charge in [0.15, 0.2) is 0 Å². The summed E-state index contributed by atoms with van der Waals surface area (Å²) in [6.07, 6.45) is 3.40. The van der Waals surface area contributed by atoms with Crippen LogP contribution >= 0.6 is 0 Å². The molecular formula is C22H30F2N4O3. The molecule has 1 aromatic carbocycles. The van der Waals surface area contributed by atoms with Gasteiger partial charge in [0, 0.05) is 45.2 Å². The van der Waals surface area contributed by atoms with Crippen LogP contribution in [0.4, 0.5) is 19.3 Å². The number of aromatic nitrogens is 1. The first-order chi connectivity index (χ1) is 14.8. The first-order valence-corrected chi connectivity index (χ1v) is 10.2. The molecule has 1 aromatic heterocycles. The van der Waals surface area contributed by atoms with Crippen LogP contribution in [-0.4, -0.2) is 59.7 Å². The Hall–Kier alpha value is -2.94. The molecule has 1 heterocycles. The number of carbonyl (C=O) groups excluding carboxylic acids is 2. The lowest BCUT2D eigenvalue weighted by atomic mass is 10.3. The van der Waals surface area contributed by atoms with Crippen LogP contribution in [0.1, 0.15) is 25.5 Å². The van der Waals surface area contributed by atoms with Crippen LogP contribution in [-0.2, 0) is 23.1 Å². The van der Waals surface area contributed by atoms with Gasteiger partial charge in [-0.1, -0.05) is 13.3 Å². The van der Waals surface area contributed by atoms with Crippen molar-refractivity contribution in [3.05, 3.63) is 53.9 Å². The highest BCUT2D eigenvalue weighted by molar-refractivity contribution is 5.92. The van der Waals surface area contributed by atoms with Gasteiger partial charge in [-0.2, -0.15) is 0 Å². The second-order valence-corrected chi connectivity index (χ2v) is 7.25. The summed E-state index contributed by atoms with van der Waals surface area (Å²) in [6, 6.07) is 6.12. The third-order valence-corrected chi connectivity index (χ3v) is 4.89. The number of ether oxygens (including phenoxy) is 1. The van der Waals surface area contributed by atoms with E-state index in [9.17, 15) is 18.4 Å². The SMILES string of the molecule is CCCCN(CC(=O)N(CCOC)Cc1cccn1C)C(=O)Nc1ccc(F)cc1F. The van der Waals surface area contributed by atoms with Gasteiger partial charge in [-0.15, -0.1) is 0 Å². The maximum atomic E-state index is 13.9. The average molecular weight is 437 g/mol. The van der Waals surface area contributed by atoms with Crippen LogP contribution in [0.3, 0.4) is 0 Å². The summed E-state index contributed by atoms with van der Waals surface area (Å²) in [6.45, 7) is 3.25.